The summed E-state index contributed by atoms with van der Waals surface area (Å²) in [6.07, 6.45) is 7.63. The number of piperidine rings is 1. The normalized spacial score (nSPS) is 30.8. The zero-order chi connectivity index (χ0) is 17.1. The van der Waals surface area contributed by atoms with Crippen molar-refractivity contribution < 1.29 is 14.3 Å². The summed E-state index contributed by atoms with van der Waals surface area (Å²) in [5, 5.41) is 2.99. The molecule has 1 N–H and O–H groups in total. The molecule has 25 heavy (non-hydrogen) atoms. The first-order chi connectivity index (χ1) is 12.3. The van der Waals surface area contributed by atoms with Crippen molar-refractivity contribution in [3.63, 3.8) is 0 Å². The molecule has 136 valence electrons. The molecule has 0 saturated carbocycles. The van der Waals surface area contributed by atoms with Gasteiger partial charge in [0.25, 0.3) is 0 Å². The SMILES string of the molecule is O=C(NCc1cccnc1)[C@@H]1C[C@H]2CCN(C3CCOCC3)C[C@@H]2O1. The van der Waals surface area contributed by atoms with E-state index in [1.165, 1.54) is 0 Å². The molecule has 3 fully saturated rings. The van der Waals surface area contributed by atoms with Gasteiger partial charge in [-0.05, 0) is 49.8 Å². The van der Waals surface area contributed by atoms with Gasteiger partial charge in [0.05, 0.1) is 6.10 Å². The lowest BCUT2D eigenvalue weighted by molar-refractivity contribution is -0.133. The lowest BCUT2D eigenvalue weighted by atomic mass is 9.90. The lowest BCUT2D eigenvalue weighted by Crippen LogP contribution is -2.49. The molecule has 6 nitrogen and oxygen atoms in total. The van der Waals surface area contributed by atoms with Gasteiger partial charge in [0.1, 0.15) is 6.10 Å². The quantitative estimate of drug-likeness (QED) is 0.893. The summed E-state index contributed by atoms with van der Waals surface area (Å²) in [7, 11) is 0. The summed E-state index contributed by atoms with van der Waals surface area (Å²) >= 11 is 0. The number of nitrogens with one attached hydrogen (secondary N) is 1. The van der Waals surface area contributed by atoms with Crippen molar-refractivity contribution in [3.8, 4) is 0 Å². The predicted molar refractivity (Wildman–Crippen MR) is 92.9 cm³/mol. The van der Waals surface area contributed by atoms with Crippen LogP contribution in [0.25, 0.3) is 0 Å². The summed E-state index contributed by atoms with van der Waals surface area (Å²) < 4.78 is 11.6. The zero-order valence-corrected chi connectivity index (χ0v) is 14.6. The third-order valence-corrected chi connectivity index (χ3v) is 5.77. The first kappa shape index (κ1) is 16.9. The van der Waals surface area contributed by atoms with Crippen LogP contribution in [0, 0.1) is 5.92 Å². The van der Waals surface area contributed by atoms with Crippen molar-refractivity contribution in [1.82, 2.24) is 15.2 Å². The van der Waals surface area contributed by atoms with Crippen LogP contribution in [0.3, 0.4) is 0 Å². The Kier molecular flexibility index (Phi) is 5.29. The van der Waals surface area contributed by atoms with Crippen LogP contribution in [0.5, 0.6) is 0 Å². The molecule has 1 aromatic heterocycles. The maximum absolute atomic E-state index is 12.5. The van der Waals surface area contributed by atoms with E-state index in [1.807, 2.05) is 12.1 Å². The van der Waals surface area contributed by atoms with Gasteiger partial charge in [0.2, 0.25) is 5.91 Å². The number of hydrogen-bond acceptors (Lipinski definition) is 5. The Morgan fingerprint density at radius 1 is 1.32 bits per heavy atom. The number of carbonyl (C=O) groups is 1. The molecular weight excluding hydrogens is 318 g/mol. The smallest absolute Gasteiger partial charge is 0.249 e. The van der Waals surface area contributed by atoms with Crippen LogP contribution in [-0.2, 0) is 20.8 Å². The molecular formula is C19H27N3O3. The summed E-state index contributed by atoms with van der Waals surface area (Å²) in [5.41, 5.74) is 1.01. The summed E-state index contributed by atoms with van der Waals surface area (Å²) in [5.74, 6) is 0.529. The van der Waals surface area contributed by atoms with Gasteiger partial charge in [0, 0.05) is 44.7 Å². The van der Waals surface area contributed by atoms with Crippen molar-refractivity contribution in [1.29, 1.82) is 0 Å². The molecule has 3 atom stereocenters. The largest absolute Gasteiger partial charge is 0.381 e. The lowest BCUT2D eigenvalue weighted by Gasteiger charge is -2.40. The Morgan fingerprint density at radius 2 is 2.20 bits per heavy atom. The highest BCUT2D eigenvalue weighted by molar-refractivity contribution is 5.81. The molecule has 4 heterocycles. The number of fused-ring (bicyclic) bond motifs is 1. The molecule has 0 radical (unpaired) electrons. The van der Waals surface area contributed by atoms with Crippen LogP contribution in [0.15, 0.2) is 24.5 Å². The number of aromatic nitrogens is 1. The molecule has 3 aliphatic rings. The second-order valence-corrected chi connectivity index (χ2v) is 7.37. The number of likely N-dealkylation sites (tertiary alicyclic amines) is 1. The molecule has 1 aromatic rings. The van der Waals surface area contributed by atoms with Crippen molar-refractivity contribution >= 4 is 5.91 Å². The van der Waals surface area contributed by atoms with Crippen molar-refractivity contribution in [2.75, 3.05) is 26.3 Å². The number of pyridine rings is 1. The van der Waals surface area contributed by atoms with E-state index in [9.17, 15) is 4.79 Å². The predicted octanol–water partition coefficient (Wildman–Crippen LogP) is 1.36. The minimum Gasteiger partial charge on any atom is -0.381 e. The van der Waals surface area contributed by atoms with E-state index < -0.39 is 0 Å². The first-order valence-electron chi connectivity index (χ1n) is 9.43. The van der Waals surface area contributed by atoms with E-state index >= 15 is 0 Å². The number of nitrogens with zero attached hydrogens (tertiary/aromatic N) is 2. The van der Waals surface area contributed by atoms with Crippen LogP contribution in [0.4, 0.5) is 0 Å². The van der Waals surface area contributed by atoms with Crippen LogP contribution in [0.2, 0.25) is 0 Å². The van der Waals surface area contributed by atoms with Gasteiger partial charge in [-0.15, -0.1) is 0 Å². The zero-order valence-electron chi connectivity index (χ0n) is 14.6. The highest BCUT2D eigenvalue weighted by Crippen LogP contribution is 2.35. The monoisotopic (exact) mass is 345 g/mol. The van der Waals surface area contributed by atoms with Gasteiger partial charge in [-0.1, -0.05) is 6.07 Å². The average Bonchev–Trinajstić information content (AvgIpc) is 3.11. The standard InChI is InChI=1S/C19H27N3O3/c23-19(21-12-14-2-1-6-20-11-14)17-10-15-3-7-22(13-18(15)25-17)16-4-8-24-9-5-16/h1-2,6,11,15-18H,3-5,7-10,12-13H2,(H,21,23)/t15-,17+,18+/m1/s1. The highest BCUT2D eigenvalue weighted by Gasteiger charge is 2.42. The number of amides is 1. The molecule has 3 aliphatic heterocycles. The van der Waals surface area contributed by atoms with Gasteiger partial charge in [-0.3, -0.25) is 14.7 Å². The molecule has 6 heteroatoms. The Morgan fingerprint density at radius 3 is 3.00 bits per heavy atom. The molecule has 0 unspecified atom stereocenters. The van der Waals surface area contributed by atoms with E-state index in [0.29, 0.717) is 18.5 Å². The summed E-state index contributed by atoms with van der Waals surface area (Å²) in [6, 6.07) is 4.47. The Hall–Kier alpha value is -1.50. The fourth-order valence-electron chi connectivity index (χ4n) is 4.31. The second kappa shape index (κ2) is 7.81. The first-order valence-corrected chi connectivity index (χ1v) is 9.43. The van der Waals surface area contributed by atoms with Crippen LogP contribution >= 0.6 is 0 Å². The minimum absolute atomic E-state index is 0.0101. The summed E-state index contributed by atoms with van der Waals surface area (Å²) in [4.78, 5) is 19.1. The molecule has 0 aliphatic carbocycles. The number of ether oxygens (including phenoxy) is 2. The Bertz CT molecular complexity index is 577. The van der Waals surface area contributed by atoms with Crippen LogP contribution in [-0.4, -0.2) is 60.3 Å². The number of rotatable bonds is 4. The Balaban J connectivity index is 1.28. The van der Waals surface area contributed by atoms with E-state index in [1.54, 1.807) is 12.4 Å². The number of carbonyl (C=O) groups excluding carboxylic acids is 1. The maximum Gasteiger partial charge on any atom is 0.249 e. The third-order valence-electron chi connectivity index (χ3n) is 5.77. The fraction of sp³-hybridized carbons (Fsp3) is 0.684. The minimum atomic E-state index is -0.304. The van der Waals surface area contributed by atoms with Crippen LogP contribution in [0.1, 0.15) is 31.2 Å². The molecule has 1 amide bonds. The molecule has 3 saturated heterocycles. The second-order valence-electron chi connectivity index (χ2n) is 7.37. The molecule has 4 rings (SSSR count). The van der Waals surface area contributed by atoms with E-state index in [0.717, 1.165) is 57.6 Å². The van der Waals surface area contributed by atoms with E-state index in [4.69, 9.17) is 9.47 Å². The maximum atomic E-state index is 12.5. The fourth-order valence-corrected chi connectivity index (χ4v) is 4.31. The number of hydrogen-bond donors (Lipinski definition) is 1. The molecule has 0 spiro atoms. The Labute approximate surface area is 148 Å². The average molecular weight is 345 g/mol. The van der Waals surface area contributed by atoms with Gasteiger partial charge >= 0.3 is 0 Å². The molecule has 0 aromatic carbocycles. The van der Waals surface area contributed by atoms with Crippen molar-refractivity contribution in [2.45, 2.75) is 50.5 Å². The van der Waals surface area contributed by atoms with Crippen molar-refractivity contribution in [3.05, 3.63) is 30.1 Å². The third kappa shape index (κ3) is 4.02. The van der Waals surface area contributed by atoms with E-state index in [-0.39, 0.29) is 18.1 Å². The molecule has 0 bridgehead atoms. The van der Waals surface area contributed by atoms with Gasteiger partial charge < -0.3 is 14.8 Å². The van der Waals surface area contributed by atoms with Gasteiger partial charge in [0.15, 0.2) is 0 Å². The van der Waals surface area contributed by atoms with Crippen molar-refractivity contribution in [2.24, 2.45) is 5.92 Å². The van der Waals surface area contributed by atoms with Gasteiger partial charge in [-0.25, -0.2) is 0 Å². The summed E-state index contributed by atoms with van der Waals surface area (Å²) in [6.45, 7) is 4.34. The van der Waals surface area contributed by atoms with Crippen LogP contribution < -0.4 is 5.32 Å². The van der Waals surface area contributed by atoms with Gasteiger partial charge in [-0.2, -0.15) is 0 Å². The van der Waals surface area contributed by atoms with E-state index in [2.05, 4.69) is 15.2 Å². The highest BCUT2D eigenvalue weighted by atomic mass is 16.5. The topological polar surface area (TPSA) is 63.7 Å².